The van der Waals surface area contributed by atoms with Gasteiger partial charge in [-0.3, -0.25) is 13.7 Å². The molecule has 0 bridgehead atoms. The minimum Gasteiger partial charge on any atom is -0.350 e. The van der Waals surface area contributed by atoms with Crippen molar-refractivity contribution in [2.45, 2.75) is 45.1 Å². The van der Waals surface area contributed by atoms with Gasteiger partial charge in [-0.2, -0.15) is 0 Å². The molecule has 1 amide bonds. The van der Waals surface area contributed by atoms with E-state index < -0.39 is 10.0 Å². The Bertz CT molecular complexity index is 1620. The van der Waals surface area contributed by atoms with Crippen LogP contribution >= 0.6 is 15.9 Å². The van der Waals surface area contributed by atoms with E-state index in [1.807, 2.05) is 70.2 Å². The lowest BCUT2D eigenvalue weighted by Gasteiger charge is -2.25. The molecule has 0 radical (unpaired) electrons. The molecular formula is C29H31BrN4O4S. The molecule has 0 aliphatic carbocycles. The lowest BCUT2D eigenvalue weighted by molar-refractivity contribution is -0.121. The van der Waals surface area contributed by atoms with Crippen LogP contribution in [0.4, 0.5) is 5.69 Å². The van der Waals surface area contributed by atoms with Crippen LogP contribution in [0.15, 0.2) is 87.1 Å². The molecule has 4 aromatic rings. The number of carbonyl (C=O) groups excluding carboxylic acids is 1. The van der Waals surface area contributed by atoms with Crippen molar-refractivity contribution in [1.29, 1.82) is 0 Å². The van der Waals surface area contributed by atoms with Gasteiger partial charge in [0.15, 0.2) is 0 Å². The molecule has 3 aromatic carbocycles. The van der Waals surface area contributed by atoms with E-state index >= 15 is 0 Å². The summed E-state index contributed by atoms with van der Waals surface area (Å²) >= 11 is 3.35. The fourth-order valence-corrected chi connectivity index (χ4v) is 6.22. The van der Waals surface area contributed by atoms with E-state index in [0.29, 0.717) is 5.69 Å². The van der Waals surface area contributed by atoms with Gasteiger partial charge in [-0.05, 0) is 92.9 Å². The van der Waals surface area contributed by atoms with E-state index in [0.717, 1.165) is 32.5 Å². The Labute approximate surface area is 236 Å². The van der Waals surface area contributed by atoms with Gasteiger partial charge < -0.3 is 10.3 Å². The van der Waals surface area contributed by atoms with Crippen LogP contribution < -0.4 is 15.3 Å². The first-order chi connectivity index (χ1) is 18.5. The van der Waals surface area contributed by atoms with Crippen LogP contribution in [0, 0.1) is 20.8 Å². The molecule has 0 saturated heterocycles. The van der Waals surface area contributed by atoms with Crippen molar-refractivity contribution in [2.24, 2.45) is 0 Å². The Morgan fingerprint density at radius 2 is 1.62 bits per heavy atom. The van der Waals surface area contributed by atoms with Gasteiger partial charge >= 0.3 is 5.69 Å². The molecule has 0 fully saturated rings. The number of H-pyrrole nitrogens is 1. The maximum atomic E-state index is 13.7. The second-order valence-corrected chi connectivity index (χ2v) is 12.4. The van der Waals surface area contributed by atoms with Crippen LogP contribution in [0.5, 0.6) is 0 Å². The number of anilines is 1. The van der Waals surface area contributed by atoms with Crippen LogP contribution in [-0.4, -0.2) is 30.4 Å². The highest BCUT2D eigenvalue weighted by atomic mass is 79.9. The van der Waals surface area contributed by atoms with Gasteiger partial charge in [0.05, 0.1) is 22.3 Å². The second-order valence-electron chi connectivity index (χ2n) is 9.58. The van der Waals surface area contributed by atoms with Gasteiger partial charge in [0.25, 0.3) is 10.0 Å². The van der Waals surface area contributed by atoms with Crippen molar-refractivity contribution in [3.05, 3.63) is 110 Å². The first-order valence-electron chi connectivity index (χ1n) is 12.5. The number of amides is 1. The molecule has 2 N–H and O–H groups in total. The zero-order chi connectivity index (χ0) is 28.3. The van der Waals surface area contributed by atoms with Crippen LogP contribution in [0.25, 0.3) is 5.69 Å². The number of sulfonamides is 1. The summed E-state index contributed by atoms with van der Waals surface area (Å²) in [4.78, 5) is 27.8. The lowest BCUT2D eigenvalue weighted by atomic mass is 10.1. The number of aromatic nitrogens is 2. The normalized spacial score (nSPS) is 12.2. The summed E-state index contributed by atoms with van der Waals surface area (Å²) in [5, 5.41) is 2.96. The topological polar surface area (TPSA) is 104 Å². The number of aromatic amines is 1. The van der Waals surface area contributed by atoms with Gasteiger partial charge in [-0.1, -0.05) is 34.1 Å². The molecular weight excluding hydrogens is 580 g/mol. The minimum atomic E-state index is -3.91. The maximum Gasteiger partial charge on any atom is 0.330 e. The number of rotatable bonds is 9. The predicted molar refractivity (Wildman–Crippen MR) is 157 cm³/mol. The van der Waals surface area contributed by atoms with E-state index in [1.54, 1.807) is 35.0 Å². The number of benzene rings is 3. The molecule has 204 valence electrons. The van der Waals surface area contributed by atoms with E-state index in [2.05, 4.69) is 26.2 Å². The van der Waals surface area contributed by atoms with Gasteiger partial charge in [0, 0.05) is 29.3 Å². The first kappa shape index (κ1) is 28.4. The van der Waals surface area contributed by atoms with Gasteiger partial charge in [-0.25, -0.2) is 13.2 Å². The monoisotopic (exact) mass is 610 g/mol. The molecule has 1 aromatic heterocycles. The van der Waals surface area contributed by atoms with Gasteiger partial charge in [0.1, 0.15) is 0 Å². The minimum absolute atomic E-state index is 0.0194. The number of nitrogens with one attached hydrogen (secondary N) is 2. The summed E-state index contributed by atoms with van der Waals surface area (Å²) in [6, 6.07) is 19.1. The Hall–Kier alpha value is -3.63. The Morgan fingerprint density at radius 3 is 2.18 bits per heavy atom. The smallest absolute Gasteiger partial charge is 0.330 e. The highest BCUT2D eigenvalue weighted by Crippen LogP contribution is 2.27. The van der Waals surface area contributed by atoms with Crippen molar-refractivity contribution in [2.75, 3.05) is 10.8 Å². The highest BCUT2D eigenvalue weighted by molar-refractivity contribution is 9.10. The Kier molecular flexibility index (Phi) is 8.46. The Balaban J connectivity index is 1.50. The largest absolute Gasteiger partial charge is 0.350 e. The van der Waals surface area contributed by atoms with Crippen LogP contribution in [0.2, 0.25) is 0 Å². The number of aryl methyl sites for hydroxylation is 3. The number of carbonyl (C=O) groups is 1. The average molecular weight is 612 g/mol. The van der Waals surface area contributed by atoms with Crippen molar-refractivity contribution in [3.8, 4) is 5.69 Å². The van der Waals surface area contributed by atoms with Crippen LogP contribution in [0.1, 0.15) is 41.8 Å². The molecule has 1 heterocycles. The first-order valence-corrected chi connectivity index (χ1v) is 14.7. The molecule has 1 unspecified atom stereocenters. The number of imidazole rings is 1. The summed E-state index contributed by atoms with van der Waals surface area (Å²) in [5.41, 5.74) is 4.54. The lowest BCUT2D eigenvalue weighted by Crippen LogP contribution is -2.36. The number of hydrogen-bond donors (Lipinski definition) is 2. The molecule has 10 heteroatoms. The summed E-state index contributed by atoms with van der Waals surface area (Å²) < 4.78 is 30.9. The number of nitrogens with zero attached hydrogens (tertiary/aromatic N) is 2. The quantitative estimate of drug-likeness (QED) is 0.268. The average Bonchev–Trinajstić information content (AvgIpc) is 3.21. The fraction of sp³-hybridized carbons (Fsp3) is 0.241. The summed E-state index contributed by atoms with van der Waals surface area (Å²) in [5.74, 6) is -0.273. The maximum absolute atomic E-state index is 13.7. The standard InChI is InChI=1S/C29H31BrN4O4S/c1-19-15-20(2)17-26(16-19)33(39(37,38)27-11-7-24(30)8-12-27)14-13-28(35)32-22(4)23-5-9-25(10-6-23)34-21(3)18-31-29(34)36/h5-12,15-18,22H,13-14H2,1-4H3,(H,31,36)(H,32,35). The highest BCUT2D eigenvalue weighted by Gasteiger charge is 2.26. The van der Waals surface area contributed by atoms with E-state index in [1.165, 1.54) is 4.31 Å². The molecule has 4 rings (SSSR count). The molecule has 1 atom stereocenters. The third-order valence-electron chi connectivity index (χ3n) is 6.43. The molecule has 39 heavy (non-hydrogen) atoms. The van der Waals surface area contributed by atoms with Crippen LogP contribution in [0.3, 0.4) is 0 Å². The van der Waals surface area contributed by atoms with Crippen molar-refractivity contribution >= 4 is 37.5 Å². The summed E-state index contributed by atoms with van der Waals surface area (Å²) in [6.45, 7) is 7.50. The van der Waals surface area contributed by atoms with Crippen molar-refractivity contribution < 1.29 is 13.2 Å². The zero-order valence-electron chi connectivity index (χ0n) is 22.2. The molecule has 8 nitrogen and oxygen atoms in total. The number of hydrogen-bond acceptors (Lipinski definition) is 4. The van der Waals surface area contributed by atoms with E-state index in [9.17, 15) is 18.0 Å². The SMILES string of the molecule is Cc1cc(C)cc(N(CCC(=O)NC(C)c2ccc(-n3c(C)c[nH]c3=O)cc2)S(=O)(=O)c2ccc(Br)cc2)c1. The van der Waals surface area contributed by atoms with Crippen molar-refractivity contribution in [1.82, 2.24) is 14.9 Å². The van der Waals surface area contributed by atoms with Crippen molar-refractivity contribution in [3.63, 3.8) is 0 Å². The van der Waals surface area contributed by atoms with Crippen LogP contribution in [-0.2, 0) is 14.8 Å². The molecule has 0 aliphatic rings. The molecule has 0 spiro atoms. The van der Waals surface area contributed by atoms with E-state index in [-0.39, 0.29) is 35.5 Å². The molecule has 0 aliphatic heterocycles. The van der Waals surface area contributed by atoms with E-state index in [4.69, 9.17) is 0 Å². The third-order valence-corrected chi connectivity index (χ3v) is 8.80. The third kappa shape index (κ3) is 6.51. The molecule has 0 saturated carbocycles. The summed E-state index contributed by atoms with van der Waals surface area (Å²) in [6.07, 6.45) is 1.63. The van der Waals surface area contributed by atoms with Gasteiger partial charge in [-0.15, -0.1) is 0 Å². The summed E-state index contributed by atoms with van der Waals surface area (Å²) in [7, 11) is -3.91. The predicted octanol–water partition coefficient (Wildman–Crippen LogP) is 5.32. The van der Waals surface area contributed by atoms with Gasteiger partial charge in [0.2, 0.25) is 5.91 Å². The fourth-order valence-electron chi connectivity index (χ4n) is 4.50. The zero-order valence-corrected chi connectivity index (χ0v) is 24.6. The number of halogens is 1. The Morgan fingerprint density at radius 1 is 1.00 bits per heavy atom. The second kappa shape index (κ2) is 11.6.